The van der Waals surface area contributed by atoms with E-state index in [1.165, 1.54) is 0 Å². The molecule has 0 aliphatic carbocycles. The molecule has 5 heteroatoms. The van der Waals surface area contributed by atoms with Crippen LogP contribution in [0.2, 0.25) is 10.0 Å². The third kappa shape index (κ3) is 4.32. The van der Waals surface area contributed by atoms with Crippen LogP contribution in [-0.4, -0.2) is 14.2 Å². The van der Waals surface area contributed by atoms with Gasteiger partial charge in [0.15, 0.2) is 9.84 Å². The second-order valence-electron chi connectivity index (χ2n) is 3.68. The molecule has 0 heterocycles. The quantitative estimate of drug-likeness (QED) is 0.824. The minimum Gasteiger partial charge on any atom is -0.228 e. The fraction of sp³-hybridized carbons (Fsp3) is 0.455. The summed E-state index contributed by atoms with van der Waals surface area (Å²) in [5.41, 5.74) is 0.613. The summed E-state index contributed by atoms with van der Waals surface area (Å²) < 4.78 is 23.4. The molecule has 0 amide bonds. The molecular formula is C11H14Cl2O2S. The maximum atomic E-state index is 11.7. The first-order valence-electron chi connectivity index (χ1n) is 5.09. The van der Waals surface area contributed by atoms with Gasteiger partial charge in [-0.15, -0.1) is 0 Å². The van der Waals surface area contributed by atoms with Crippen LogP contribution in [0, 0.1) is 0 Å². The summed E-state index contributed by atoms with van der Waals surface area (Å²) in [6.07, 6.45) is 1.56. The van der Waals surface area contributed by atoms with Crippen molar-refractivity contribution < 1.29 is 8.42 Å². The Morgan fingerprint density at radius 2 is 1.94 bits per heavy atom. The lowest BCUT2D eigenvalue weighted by molar-refractivity contribution is 0.592. The van der Waals surface area contributed by atoms with Gasteiger partial charge in [-0.25, -0.2) is 8.42 Å². The van der Waals surface area contributed by atoms with E-state index in [0.29, 0.717) is 22.0 Å². The standard InChI is InChI=1S/C11H14Cl2O2S/c1-2-3-6-16(14,15)8-9-4-5-10(12)7-11(9)13/h4-5,7H,2-3,6,8H2,1H3. The molecule has 90 valence electrons. The lowest BCUT2D eigenvalue weighted by Crippen LogP contribution is -2.09. The van der Waals surface area contributed by atoms with Crippen LogP contribution in [0.3, 0.4) is 0 Å². The van der Waals surface area contributed by atoms with Gasteiger partial charge in [-0.1, -0.05) is 42.6 Å². The molecule has 0 unspecified atom stereocenters. The van der Waals surface area contributed by atoms with E-state index in [-0.39, 0.29) is 11.5 Å². The van der Waals surface area contributed by atoms with Crippen molar-refractivity contribution in [1.29, 1.82) is 0 Å². The molecule has 0 aromatic heterocycles. The fourth-order valence-electron chi connectivity index (χ4n) is 1.31. The van der Waals surface area contributed by atoms with Gasteiger partial charge in [-0.2, -0.15) is 0 Å². The van der Waals surface area contributed by atoms with Gasteiger partial charge < -0.3 is 0 Å². The van der Waals surface area contributed by atoms with E-state index in [1.807, 2.05) is 6.92 Å². The molecule has 0 bridgehead atoms. The van der Waals surface area contributed by atoms with E-state index in [2.05, 4.69) is 0 Å². The Morgan fingerprint density at radius 3 is 2.50 bits per heavy atom. The summed E-state index contributed by atoms with van der Waals surface area (Å²) in [6, 6.07) is 4.88. The maximum absolute atomic E-state index is 11.7. The number of halogens is 2. The van der Waals surface area contributed by atoms with Crippen LogP contribution < -0.4 is 0 Å². The third-order valence-corrected chi connectivity index (χ3v) is 4.45. The number of rotatable bonds is 5. The summed E-state index contributed by atoms with van der Waals surface area (Å²) >= 11 is 11.7. The topological polar surface area (TPSA) is 34.1 Å². The van der Waals surface area contributed by atoms with E-state index in [4.69, 9.17) is 23.2 Å². The number of hydrogen-bond acceptors (Lipinski definition) is 2. The summed E-state index contributed by atoms with van der Waals surface area (Å²) in [4.78, 5) is 0. The van der Waals surface area contributed by atoms with E-state index < -0.39 is 9.84 Å². The number of unbranched alkanes of at least 4 members (excludes halogenated alkanes) is 1. The third-order valence-electron chi connectivity index (χ3n) is 2.20. The Kier molecular flexibility index (Phi) is 5.09. The average Bonchev–Trinajstić information content (AvgIpc) is 2.19. The highest BCUT2D eigenvalue weighted by molar-refractivity contribution is 7.90. The van der Waals surface area contributed by atoms with Gasteiger partial charge in [0.2, 0.25) is 0 Å². The van der Waals surface area contributed by atoms with Crippen molar-refractivity contribution in [1.82, 2.24) is 0 Å². The van der Waals surface area contributed by atoms with Crippen LogP contribution >= 0.6 is 23.2 Å². The lowest BCUT2D eigenvalue weighted by atomic mass is 10.2. The van der Waals surface area contributed by atoms with Crippen molar-refractivity contribution >= 4 is 33.0 Å². The second kappa shape index (κ2) is 5.89. The van der Waals surface area contributed by atoms with E-state index in [1.54, 1.807) is 18.2 Å². The van der Waals surface area contributed by atoms with Crippen LogP contribution in [0.25, 0.3) is 0 Å². The molecule has 0 saturated carbocycles. The second-order valence-corrected chi connectivity index (χ2v) is 6.71. The molecule has 0 N–H and O–H groups in total. The molecule has 1 aromatic rings. The zero-order valence-electron chi connectivity index (χ0n) is 9.04. The van der Waals surface area contributed by atoms with Crippen LogP contribution in [0.5, 0.6) is 0 Å². The van der Waals surface area contributed by atoms with Crippen LogP contribution in [0.1, 0.15) is 25.3 Å². The Balaban J connectivity index is 2.80. The first kappa shape index (κ1) is 13.8. The molecule has 1 rings (SSSR count). The molecule has 0 spiro atoms. The van der Waals surface area contributed by atoms with Gasteiger partial charge in [-0.05, 0) is 24.1 Å². The van der Waals surface area contributed by atoms with Crippen molar-refractivity contribution in [2.45, 2.75) is 25.5 Å². The lowest BCUT2D eigenvalue weighted by Gasteiger charge is -2.06. The highest BCUT2D eigenvalue weighted by Gasteiger charge is 2.13. The Morgan fingerprint density at radius 1 is 1.25 bits per heavy atom. The monoisotopic (exact) mass is 280 g/mol. The average molecular weight is 281 g/mol. The SMILES string of the molecule is CCCCS(=O)(=O)Cc1ccc(Cl)cc1Cl. The van der Waals surface area contributed by atoms with Crippen molar-refractivity contribution in [3.63, 3.8) is 0 Å². The van der Waals surface area contributed by atoms with Crippen molar-refractivity contribution in [2.24, 2.45) is 0 Å². The molecule has 0 aliphatic heterocycles. The minimum atomic E-state index is -3.06. The number of sulfone groups is 1. The predicted molar refractivity (Wildman–Crippen MR) is 68.9 cm³/mol. The zero-order chi connectivity index (χ0) is 12.2. The van der Waals surface area contributed by atoms with Gasteiger partial charge in [0.05, 0.1) is 11.5 Å². The van der Waals surface area contributed by atoms with Crippen molar-refractivity contribution in [2.75, 3.05) is 5.75 Å². The molecule has 0 atom stereocenters. The first-order valence-corrected chi connectivity index (χ1v) is 7.66. The van der Waals surface area contributed by atoms with Gasteiger partial charge in [0.25, 0.3) is 0 Å². The predicted octanol–water partition coefficient (Wildman–Crippen LogP) is 3.71. The summed E-state index contributed by atoms with van der Waals surface area (Å²) in [5, 5.41) is 0.923. The highest BCUT2D eigenvalue weighted by atomic mass is 35.5. The van der Waals surface area contributed by atoms with E-state index >= 15 is 0 Å². The smallest absolute Gasteiger partial charge is 0.154 e. The first-order chi connectivity index (χ1) is 7.44. The summed E-state index contributed by atoms with van der Waals surface area (Å²) in [6.45, 7) is 1.96. The maximum Gasteiger partial charge on any atom is 0.154 e. The molecule has 0 aliphatic rings. The zero-order valence-corrected chi connectivity index (χ0v) is 11.4. The Labute approximate surface area is 106 Å². The van der Waals surface area contributed by atoms with Gasteiger partial charge in [-0.3, -0.25) is 0 Å². The summed E-state index contributed by atoms with van der Waals surface area (Å²) in [7, 11) is -3.06. The molecule has 0 radical (unpaired) electrons. The summed E-state index contributed by atoms with van der Waals surface area (Å²) in [5.74, 6) is 0.200. The highest BCUT2D eigenvalue weighted by Crippen LogP contribution is 2.23. The fourth-order valence-corrected chi connectivity index (χ4v) is 3.47. The number of hydrogen-bond donors (Lipinski definition) is 0. The molecular weight excluding hydrogens is 267 g/mol. The number of benzene rings is 1. The van der Waals surface area contributed by atoms with E-state index in [9.17, 15) is 8.42 Å². The molecule has 16 heavy (non-hydrogen) atoms. The van der Waals surface area contributed by atoms with Gasteiger partial charge in [0, 0.05) is 10.0 Å². The van der Waals surface area contributed by atoms with Crippen LogP contribution in [0.4, 0.5) is 0 Å². The van der Waals surface area contributed by atoms with Gasteiger partial charge in [0.1, 0.15) is 0 Å². The van der Waals surface area contributed by atoms with Crippen LogP contribution in [0.15, 0.2) is 18.2 Å². The minimum absolute atomic E-state index is 0.0109. The van der Waals surface area contributed by atoms with Gasteiger partial charge >= 0.3 is 0 Å². The van der Waals surface area contributed by atoms with Crippen molar-refractivity contribution in [3.05, 3.63) is 33.8 Å². The van der Waals surface area contributed by atoms with Crippen LogP contribution in [-0.2, 0) is 15.6 Å². The largest absolute Gasteiger partial charge is 0.228 e. The Bertz CT molecular complexity index is 455. The van der Waals surface area contributed by atoms with Crippen molar-refractivity contribution in [3.8, 4) is 0 Å². The molecule has 1 aromatic carbocycles. The molecule has 2 nitrogen and oxygen atoms in total. The molecule has 0 saturated heterocycles. The Hall–Kier alpha value is -0.250. The normalized spacial score (nSPS) is 11.7. The molecule has 0 fully saturated rings. The van der Waals surface area contributed by atoms with E-state index in [0.717, 1.165) is 6.42 Å².